The molecule has 1 unspecified atom stereocenters. The van der Waals surface area contributed by atoms with Crippen molar-refractivity contribution < 1.29 is 9.90 Å². The number of hydrogen-bond acceptors (Lipinski definition) is 4. The number of nitrogens with zero attached hydrogens (tertiary/aromatic N) is 1. The van der Waals surface area contributed by atoms with E-state index in [2.05, 4.69) is 15.6 Å². The molecule has 0 bridgehead atoms. The Morgan fingerprint density at radius 2 is 2.35 bits per heavy atom. The van der Waals surface area contributed by atoms with Crippen molar-refractivity contribution in [3.05, 3.63) is 11.1 Å². The smallest absolute Gasteiger partial charge is 0.321 e. The molecule has 0 fully saturated rings. The Morgan fingerprint density at radius 3 is 2.88 bits per heavy atom. The van der Waals surface area contributed by atoms with E-state index in [0.29, 0.717) is 11.6 Å². The number of aryl methyl sites for hydroxylation is 1. The van der Waals surface area contributed by atoms with Crippen LogP contribution in [-0.2, 0) is 6.42 Å². The van der Waals surface area contributed by atoms with Crippen molar-refractivity contribution in [3.63, 3.8) is 0 Å². The number of rotatable bonds is 6. The molecule has 0 spiro atoms. The molecule has 0 aliphatic carbocycles. The van der Waals surface area contributed by atoms with Crippen molar-refractivity contribution in [3.8, 4) is 0 Å². The number of aliphatic hydroxyl groups excluding tert-OH is 1. The lowest BCUT2D eigenvalue weighted by atomic mass is 10.2. The number of amides is 2. The average Bonchev–Trinajstić information content (AvgIpc) is 2.76. The molecule has 0 aliphatic rings. The summed E-state index contributed by atoms with van der Waals surface area (Å²) in [6, 6.07) is -0.257. The summed E-state index contributed by atoms with van der Waals surface area (Å²) in [6.07, 6.45) is 4.06. The van der Waals surface area contributed by atoms with Gasteiger partial charge >= 0.3 is 6.03 Å². The van der Waals surface area contributed by atoms with E-state index < -0.39 is 0 Å². The number of anilines is 1. The van der Waals surface area contributed by atoms with Crippen LogP contribution in [0.1, 0.15) is 31.6 Å². The average molecular weight is 257 g/mol. The summed E-state index contributed by atoms with van der Waals surface area (Å²) >= 11 is 1.48. The van der Waals surface area contributed by atoms with E-state index >= 15 is 0 Å². The van der Waals surface area contributed by atoms with Crippen LogP contribution in [0.15, 0.2) is 6.20 Å². The number of nitrogens with one attached hydrogen (secondary N) is 2. The first kappa shape index (κ1) is 13.9. The number of carbonyl (C=O) groups is 1. The van der Waals surface area contributed by atoms with Gasteiger partial charge < -0.3 is 10.4 Å². The van der Waals surface area contributed by atoms with Crippen molar-refractivity contribution in [1.82, 2.24) is 10.3 Å². The third-order valence-electron chi connectivity index (χ3n) is 2.43. The summed E-state index contributed by atoms with van der Waals surface area (Å²) in [7, 11) is 0. The minimum absolute atomic E-state index is 0.00519. The molecule has 1 aromatic heterocycles. The molecule has 1 aromatic rings. The third-order valence-corrected chi connectivity index (χ3v) is 3.49. The van der Waals surface area contributed by atoms with Gasteiger partial charge in [0.25, 0.3) is 0 Å². The summed E-state index contributed by atoms with van der Waals surface area (Å²) in [5.74, 6) is 0. The highest BCUT2D eigenvalue weighted by atomic mass is 32.1. The van der Waals surface area contributed by atoms with Crippen LogP contribution in [0.3, 0.4) is 0 Å². The highest BCUT2D eigenvalue weighted by Crippen LogP contribution is 2.18. The molecule has 96 valence electrons. The summed E-state index contributed by atoms with van der Waals surface area (Å²) in [5.41, 5.74) is 0. The molecule has 17 heavy (non-hydrogen) atoms. The maximum atomic E-state index is 11.6. The molecular weight excluding hydrogens is 238 g/mol. The van der Waals surface area contributed by atoms with Crippen LogP contribution in [0.5, 0.6) is 0 Å². The predicted octanol–water partition coefficient (Wildman–Crippen LogP) is 1.99. The highest BCUT2D eigenvalue weighted by molar-refractivity contribution is 7.15. The maximum absolute atomic E-state index is 11.6. The predicted molar refractivity (Wildman–Crippen MR) is 69.4 cm³/mol. The van der Waals surface area contributed by atoms with Gasteiger partial charge in [-0.25, -0.2) is 9.78 Å². The lowest BCUT2D eigenvalue weighted by Crippen LogP contribution is -2.38. The second-order valence-electron chi connectivity index (χ2n) is 3.70. The second kappa shape index (κ2) is 7.24. The number of carbonyl (C=O) groups excluding carboxylic acids is 1. The summed E-state index contributed by atoms with van der Waals surface area (Å²) in [6.45, 7) is 4.10. The fraction of sp³-hybridized carbons (Fsp3) is 0.636. The monoisotopic (exact) mass is 257 g/mol. The van der Waals surface area contributed by atoms with E-state index in [1.54, 1.807) is 6.20 Å². The van der Waals surface area contributed by atoms with Gasteiger partial charge in [-0.05, 0) is 19.3 Å². The van der Waals surface area contributed by atoms with Gasteiger partial charge in [0, 0.05) is 23.7 Å². The number of thiazole rings is 1. The van der Waals surface area contributed by atoms with Crippen LogP contribution < -0.4 is 10.6 Å². The first-order valence-corrected chi connectivity index (χ1v) is 6.64. The number of aliphatic hydroxyl groups is 1. The molecule has 6 heteroatoms. The van der Waals surface area contributed by atoms with Crippen LogP contribution in [0.25, 0.3) is 0 Å². The molecule has 1 heterocycles. The van der Waals surface area contributed by atoms with Crippen molar-refractivity contribution in [2.45, 2.75) is 39.2 Å². The first-order chi connectivity index (χ1) is 8.19. The molecular formula is C11H19N3O2S. The van der Waals surface area contributed by atoms with E-state index in [9.17, 15) is 4.79 Å². The van der Waals surface area contributed by atoms with E-state index in [0.717, 1.165) is 17.7 Å². The molecule has 0 aliphatic heterocycles. The Morgan fingerprint density at radius 1 is 1.59 bits per heavy atom. The van der Waals surface area contributed by atoms with Gasteiger partial charge in [0.05, 0.1) is 0 Å². The molecule has 5 nitrogen and oxygen atoms in total. The number of hydrogen-bond donors (Lipinski definition) is 3. The zero-order chi connectivity index (χ0) is 12.7. The van der Waals surface area contributed by atoms with Crippen LogP contribution in [-0.4, -0.2) is 28.8 Å². The largest absolute Gasteiger partial charge is 0.396 e. The third kappa shape index (κ3) is 4.70. The second-order valence-corrected chi connectivity index (χ2v) is 4.82. The standard InChI is InChI=1S/C11H19N3O2S/c1-3-8(5-6-15)13-10(16)14-11-12-7-9(4-2)17-11/h7-8,15H,3-6H2,1-2H3,(H2,12,13,14,16). The Balaban J connectivity index is 2.42. The SMILES string of the molecule is CCc1cnc(NC(=O)NC(CC)CCO)s1. The van der Waals surface area contributed by atoms with E-state index in [4.69, 9.17) is 5.11 Å². The van der Waals surface area contributed by atoms with Crippen LogP contribution in [0.2, 0.25) is 0 Å². The van der Waals surface area contributed by atoms with Gasteiger partial charge in [0.1, 0.15) is 0 Å². The lowest BCUT2D eigenvalue weighted by molar-refractivity contribution is 0.237. The Labute approximate surface area is 105 Å². The molecule has 0 saturated heterocycles. The van der Waals surface area contributed by atoms with Gasteiger partial charge in [-0.2, -0.15) is 0 Å². The highest BCUT2D eigenvalue weighted by Gasteiger charge is 2.11. The minimum Gasteiger partial charge on any atom is -0.396 e. The van der Waals surface area contributed by atoms with Crippen molar-refractivity contribution in [1.29, 1.82) is 0 Å². The van der Waals surface area contributed by atoms with Crippen molar-refractivity contribution in [2.24, 2.45) is 0 Å². The Bertz CT molecular complexity index is 354. The summed E-state index contributed by atoms with van der Waals surface area (Å²) < 4.78 is 0. The first-order valence-electron chi connectivity index (χ1n) is 5.82. The van der Waals surface area contributed by atoms with Gasteiger partial charge in [0.2, 0.25) is 0 Å². The lowest BCUT2D eigenvalue weighted by Gasteiger charge is -2.15. The van der Waals surface area contributed by atoms with Crippen LogP contribution in [0, 0.1) is 0 Å². The molecule has 1 atom stereocenters. The summed E-state index contributed by atoms with van der Waals surface area (Å²) in [5, 5.41) is 14.9. The minimum atomic E-state index is -0.262. The van der Waals surface area contributed by atoms with Crippen molar-refractivity contribution in [2.75, 3.05) is 11.9 Å². The number of aromatic nitrogens is 1. The fourth-order valence-corrected chi connectivity index (χ4v) is 2.13. The van der Waals surface area contributed by atoms with E-state index in [1.165, 1.54) is 11.3 Å². The maximum Gasteiger partial charge on any atom is 0.321 e. The Kier molecular flexibility index (Phi) is 5.93. The van der Waals surface area contributed by atoms with Crippen molar-refractivity contribution >= 4 is 22.5 Å². The van der Waals surface area contributed by atoms with E-state index in [-0.39, 0.29) is 18.7 Å². The molecule has 0 aromatic carbocycles. The zero-order valence-corrected chi connectivity index (χ0v) is 11.0. The van der Waals surface area contributed by atoms with Crippen LogP contribution in [0.4, 0.5) is 9.93 Å². The van der Waals surface area contributed by atoms with Gasteiger partial charge in [0.15, 0.2) is 5.13 Å². The fourth-order valence-electron chi connectivity index (χ4n) is 1.38. The topological polar surface area (TPSA) is 74.2 Å². The zero-order valence-electron chi connectivity index (χ0n) is 10.2. The van der Waals surface area contributed by atoms with Gasteiger partial charge in [-0.1, -0.05) is 13.8 Å². The molecule has 1 rings (SSSR count). The molecule has 0 saturated carbocycles. The quantitative estimate of drug-likeness (QED) is 0.729. The van der Waals surface area contributed by atoms with E-state index in [1.807, 2.05) is 13.8 Å². The Hall–Kier alpha value is -1.14. The van der Waals surface area contributed by atoms with Gasteiger partial charge in [-0.3, -0.25) is 5.32 Å². The normalized spacial score (nSPS) is 12.2. The van der Waals surface area contributed by atoms with Gasteiger partial charge in [-0.15, -0.1) is 11.3 Å². The summed E-state index contributed by atoms with van der Waals surface area (Å²) in [4.78, 5) is 16.9. The number of urea groups is 1. The molecule has 2 amide bonds. The molecule has 0 radical (unpaired) electrons. The molecule has 3 N–H and O–H groups in total. The van der Waals surface area contributed by atoms with Crippen LogP contribution >= 0.6 is 11.3 Å².